The molecule has 4 fully saturated rings. The lowest BCUT2D eigenvalue weighted by molar-refractivity contribution is -0.132. The van der Waals surface area contributed by atoms with Gasteiger partial charge in [-0.3, -0.25) is 14.9 Å². The van der Waals surface area contributed by atoms with Crippen molar-refractivity contribution in [2.45, 2.75) is 51.0 Å². The number of imide groups is 1. The molecule has 2 saturated carbocycles. The highest BCUT2D eigenvalue weighted by Crippen LogP contribution is 2.50. The number of nitrogens with zero attached hydrogens (tertiary/aromatic N) is 2. The average molecular weight is 319 g/mol. The Bertz CT molecular complexity index is 535. The van der Waals surface area contributed by atoms with Crippen molar-refractivity contribution >= 4 is 17.8 Å². The molecule has 126 valence electrons. The zero-order valence-electron chi connectivity index (χ0n) is 13.5. The molecule has 4 unspecified atom stereocenters. The summed E-state index contributed by atoms with van der Waals surface area (Å²) in [5.74, 6) is 2.31. The second kappa shape index (κ2) is 5.80. The Morgan fingerprint density at radius 2 is 2.04 bits per heavy atom. The molecule has 2 heterocycles. The molecule has 6 heteroatoms. The van der Waals surface area contributed by atoms with Gasteiger partial charge in [-0.15, -0.1) is 0 Å². The molecule has 0 aromatic rings. The van der Waals surface area contributed by atoms with Gasteiger partial charge in [0.1, 0.15) is 13.1 Å². The topological polar surface area (TPSA) is 69.7 Å². The average Bonchev–Trinajstić information content (AvgIpc) is 3.25. The molecule has 0 aromatic carbocycles. The minimum atomic E-state index is -0.438. The van der Waals surface area contributed by atoms with Crippen LogP contribution in [0.25, 0.3) is 0 Å². The predicted molar refractivity (Wildman–Crippen MR) is 83.4 cm³/mol. The first-order chi connectivity index (χ1) is 11.1. The normalized spacial score (nSPS) is 36.2. The van der Waals surface area contributed by atoms with Crippen LogP contribution in [0.15, 0.2) is 0 Å². The zero-order valence-corrected chi connectivity index (χ0v) is 13.5. The Kier molecular flexibility index (Phi) is 3.77. The zero-order chi connectivity index (χ0) is 16.0. The van der Waals surface area contributed by atoms with E-state index in [1.54, 1.807) is 0 Å². The number of hydrogen-bond acceptors (Lipinski definition) is 3. The van der Waals surface area contributed by atoms with Crippen LogP contribution in [0.3, 0.4) is 0 Å². The number of urea groups is 1. The molecule has 4 rings (SSSR count). The van der Waals surface area contributed by atoms with E-state index < -0.39 is 6.03 Å². The first-order valence-corrected chi connectivity index (χ1v) is 8.98. The van der Waals surface area contributed by atoms with Crippen molar-refractivity contribution in [3.63, 3.8) is 0 Å². The summed E-state index contributed by atoms with van der Waals surface area (Å²) in [4.78, 5) is 38.7. The highest BCUT2D eigenvalue weighted by Gasteiger charge is 2.42. The van der Waals surface area contributed by atoms with Crippen LogP contribution in [0.1, 0.15) is 44.9 Å². The molecule has 4 atom stereocenters. The van der Waals surface area contributed by atoms with E-state index in [1.807, 2.05) is 4.90 Å². The van der Waals surface area contributed by atoms with E-state index in [2.05, 4.69) is 5.32 Å². The molecule has 2 saturated heterocycles. The first-order valence-electron chi connectivity index (χ1n) is 8.98. The summed E-state index contributed by atoms with van der Waals surface area (Å²) < 4.78 is 0. The quantitative estimate of drug-likeness (QED) is 0.795. The standard InChI is InChI=1S/C17H25N3O3/c21-15-9-19(17(23)18-15)10-16(22)20-5-1-2-14(20)8-13-7-11-3-4-12(13)6-11/h11-14H,1-10H2,(H,18,21,23). The number of carbonyl (C=O) groups excluding carboxylic acids is 3. The Hall–Kier alpha value is -1.59. The van der Waals surface area contributed by atoms with Crippen molar-refractivity contribution < 1.29 is 14.4 Å². The number of fused-ring (bicyclic) bond motifs is 2. The molecule has 23 heavy (non-hydrogen) atoms. The van der Waals surface area contributed by atoms with E-state index in [9.17, 15) is 14.4 Å². The summed E-state index contributed by atoms with van der Waals surface area (Å²) in [7, 11) is 0. The molecule has 4 aliphatic rings. The third-order valence-corrected chi connectivity index (χ3v) is 6.35. The maximum Gasteiger partial charge on any atom is 0.325 e. The van der Waals surface area contributed by atoms with E-state index in [4.69, 9.17) is 0 Å². The lowest BCUT2D eigenvalue weighted by Gasteiger charge is -2.31. The highest BCUT2D eigenvalue weighted by molar-refractivity contribution is 6.03. The molecule has 4 amide bonds. The number of rotatable bonds is 4. The maximum absolute atomic E-state index is 12.6. The second-order valence-corrected chi connectivity index (χ2v) is 7.76. The van der Waals surface area contributed by atoms with E-state index in [1.165, 1.54) is 30.6 Å². The van der Waals surface area contributed by atoms with Crippen molar-refractivity contribution in [1.82, 2.24) is 15.1 Å². The van der Waals surface area contributed by atoms with Gasteiger partial charge >= 0.3 is 6.03 Å². The van der Waals surface area contributed by atoms with Crippen LogP contribution >= 0.6 is 0 Å². The first kappa shape index (κ1) is 15.0. The fraction of sp³-hybridized carbons (Fsp3) is 0.824. The van der Waals surface area contributed by atoms with Gasteiger partial charge < -0.3 is 9.80 Å². The summed E-state index contributed by atoms with van der Waals surface area (Å²) in [6, 6.07) is -0.0968. The lowest BCUT2D eigenvalue weighted by Crippen LogP contribution is -2.44. The van der Waals surface area contributed by atoms with Gasteiger partial charge in [0.05, 0.1) is 0 Å². The molecular formula is C17H25N3O3. The van der Waals surface area contributed by atoms with Crippen molar-refractivity contribution in [3.05, 3.63) is 0 Å². The summed E-state index contributed by atoms with van der Waals surface area (Å²) >= 11 is 0. The molecular weight excluding hydrogens is 294 g/mol. The van der Waals surface area contributed by atoms with Crippen LogP contribution < -0.4 is 5.32 Å². The summed E-state index contributed by atoms with van der Waals surface area (Å²) in [6.07, 6.45) is 8.83. The van der Waals surface area contributed by atoms with Gasteiger partial charge in [-0.2, -0.15) is 0 Å². The van der Waals surface area contributed by atoms with Gasteiger partial charge in [0, 0.05) is 12.6 Å². The van der Waals surface area contributed by atoms with Gasteiger partial charge in [-0.05, 0) is 56.3 Å². The summed E-state index contributed by atoms with van der Waals surface area (Å²) in [6.45, 7) is 0.841. The van der Waals surface area contributed by atoms with E-state index in [0.29, 0.717) is 6.04 Å². The molecule has 0 radical (unpaired) electrons. The number of likely N-dealkylation sites (tertiary alicyclic amines) is 1. The van der Waals surface area contributed by atoms with Crippen LogP contribution in [0.4, 0.5) is 4.79 Å². The van der Waals surface area contributed by atoms with Crippen molar-refractivity contribution in [3.8, 4) is 0 Å². The Morgan fingerprint density at radius 1 is 1.17 bits per heavy atom. The largest absolute Gasteiger partial charge is 0.338 e. The fourth-order valence-electron chi connectivity index (χ4n) is 5.29. The second-order valence-electron chi connectivity index (χ2n) is 7.76. The van der Waals surface area contributed by atoms with E-state index in [0.717, 1.165) is 43.6 Å². The number of carbonyl (C=O) groups is 3. The number of hydrogen-bond donors (Lipinski definition) is 1. The van der Waals surface area contributed by atoms with E-state index in [-0.39, 0.29) is 24.9 Å². The number of nitrogens with one attached hydrogen (secondary N) is 1. The van der Waals surface area contributed by atoms with Gasteiger partial charge in [0.25, 0.3) is 0 Å². The van der Waals surface area contributed by atoms with Crippen LogP contribution in [-0.4, -0.2) is 53.3 Å². The number of amides is 4. The minimum Gasteiger partial charge on any atom is -0.338 e. The Balaban J connectivity index is 1.34. The van der Waals surface area contributed by atoms with Crippen molar-refractivity contribution in [2.24, 2.45) is 17.8 Å². The van der Waals surface area contributed by atoms with Gasteiger partial charge in [-0.1, -0.05) is 6.42 Å². The minimum absolute atomic E-state index is 0.000469. The molecule has 2 aliphatic carbocycles. The molecule has 2 bridgehead atoms. The predicted octanol–water partition coefficient (Wildman–Crippen LogP) is 1.36. The molecule has 2 aliphatic heterocycles. The molecule has 6 nitrogen and oxygen atoms in total. The Labute approximate surface area is 136 Å². The molecule has 1 N–H and O–H groups in total. The third-order valence-electron chi connectivity index (χ3n) is 6.35. The summed E-state index contributed by atoms with van der Waals surface area (Å²) in [5.41, 5.74) is 0. The van der Waals surface area contributed by atoms with Gasteiger partial charge in [0.2, 0.25) is 11.8 Å². The van der Waals surface area contributed by atoms with Crippen LogP contribution in [0, 0.1) is 17.8 Å². The Morgan fingerprint density at radius 3 is 2.70 bits per heavy atom. The highest BCUT2D eigenvalue weighted by atomic mass is 16.2. The molecule has 0 aromatic heterocycles. The fourth-order valence-corrected chi connectivity index (χ4v) is 5.29. The van der Waals surface area contributed by atoms with Crippen LogP contribution in [0.2, 0.25) is 0 Å². The molecule has 0 spiro atoms. The van der Waals surface area contributed by atoms with Crippen LogP contribution in [0.5, 0.6) is 0 Å². The maximum atomic E-state index is 12.6. The van der Waals surface area contributed by atoms with Gasteiger partial charge in [0.15, 0.2) is 0 Å². The summed E-state index contributed by atoms with van der Waals surface area (Å²) in [5, 5.41) is 2.23. The smallest absolute Gasteiger partial charge is 0.325 e. The van der Waals surface area contributed by atoms with Crippen molar-refractivity contribution in [1.29, 1.82) is 0 Å². The monoisotopic (exact) mass is 319 g/mol. The van der Waals surface area contributed by atoms with Gasteiger partial charge in [-0.25, -0.2) is 4.79 Å². The third kappa shape index (κ3) is 2.83. The van der Waals surface area contributed by atoms with Crippen LogP contribution in [-0.2, 0) is 9.59 Å². The van der Waals surface area contributed by atoms with Crippen molar-refractivity contribution in [2.75, 3.05) is 19.6 Å². The lowest BCUT2D eigenvalue weighted by atomic mass is 9.83. The van der Waals surface area contributed by atoms with E-state index >= 15 is 0 Å². The SMILES string of the molecule is O=C1CN(CC(=O)N2CCCC2CC2CC3CCC2C3)C(=O)N1.